The number of carbonyl (C=O) groups excluding carboxylic acids is 2. The molecule has 0 aromatic heterocycles. The van der Waals surface area contributed by atoms with Crippen LogP contribution in [0, 0.1) is 5.41 Å². The molecule has 2 aliphatic heterocycles. The number of Topliss-reactive ketones (excluding diaryl/α,β-unsaturated/α-hetero) is 1. The van der Waals surface area contributed by atoms with E-state index in [1.54, 1.807) is 6.92 Å². The number of amides is 1. The second-order valence-corrected chi connectivity index (χ2v) is 7.35. The van der Waals surface area contributed by atoms with E-state index in [1.807, 2.05) is 24.3 Å². The summed E-state index contributed by atoms with van der Waals surface area (Å²) in [5.74, 6) is 0.627. The minimum absolute atomic E-state index is 0.0424. The third-order valence-corrected chi connectivity index (χ3v) is 4.83. The third-order valence-electron chi connectivity index (χ3n) is 4.83. The number of azo groups is 1. The number of rotatable bonds is 1. The Hall–Kier alpha value is -2.56. The molecule has 1 aromatic carbocycles. The van der Waals surface area contributed by atoms with Gasteiger partial charge in [0.05, 0.1) is 17.2 Å². The van der Waals surface area contributed by atoms with Gasteiger partial charge < -0.3 is 4.74 Å². The summed E-state index contributed by atoms with van der Waals surface area (Å²) in [6.45, 7) is 5.88. The first-order valence-corrected chi connectivity index (χ1v) is 8.07. The van der Waals surface area contributed by atoms with Gasteiger partial charge in [0.25, 0.3) is 5.91 Å². The van der Waals surface area contributed by atoms with Crippen molar-refractivity contribution in [2.45, 2.75) is 39.5 Å². The Morgan fingerprint density at radius 3 is 2.54 bits per heavy atom. The molecule has 1 aromatic rings. The highest BCUT2D eigenvalue weighted by Gasteiger charge is 2.45. The number of hydrogen-bond donors (Lipinski definition) is 0. The largest absolute Gasteiger partial charge is 0.461 e. The van der Waals surface area contributed by atoms with Crippen molar-refractivity contribution in [2.24, 2.45) is 15.6 Å². The smallest absolute Gasteiger partial charge is 0.294 e. The Morgan fingerprint density at radius 2 is 1.83 bits per heavy atom. The minimum Gasteiger partial charge on any atom is -0.461 e. The van der Waals surface area contributed by atoms with Gasteiger partial charge in [0.2, 0.25) is 0 Å². The molecule has 1 aliphatic carbocycles. The highest BCUT2D eigenvalue weighted by Crippen LogP contribution is 2.51. The molecule has 1 atom stereocenters. The van der Waals surface area contributed by atoms with Crippen LogP contribution in [0.4, 0.5) is 0 Å². The zero-order valence-corrected chi connectivity index (χ0v) is 13.9. The molecule has 3 aliphatic rings. The molecular formula is C19H18N2O3. The minimum atomic E-state index is -0.434. The maximum Gasteiger partial charge on any atom is 0.294 e. The number of nitrogens with zero attached hydrogens (tertiary/aromatic N) is 2. The molecular weight excluding hydrogens is 304 g/mol. The van der Waals surface area contributed by atoms with Crippen LogP contribution < -0.4 is 4.74 Å². The van der Waals surface area contributed by atoms with Crippen molar-refractivity contribution in [3.05, 3.63) is 52.4 Å². The predicted octanol–water partition coefficient (Wildman–Crippen LogP) is 4.07. The monoisotopic (exact) mass is 322 g/mol. The van der Waals surface area contributed by atoms with E-state index in [4.69, 9.17) is 4.74 Å². The van der Waals surface area contributed by atoms with Crippen LogP contribution in [0.3, 0.4) is 0 Å². The van der Waals surface area contributed by atoms with E-state index in [1.165, 1.54) is 0 Å². The van der Waals surface area contributed by atoms with Crippen molar-refractivity contribution in [1.29, 1.82) is 0 Å². The first-order valence-electron chi connectivity index (χ1n) is 8.07. The van der Waals surface area contributed by atoms with E-state index in [0.717, 1.165) is 5.56 Å². The zero-order valence-electron chi connectivity index (χ0n) is 13.9. The average Bonchev–Trinajstić information content (AvgIpc) is 2.83. The molecule has 0 saturated heterocycles. The quantitative estimate of drug-likeness (QED) is 0.782. The third kappa shape index (κ3) is 2.15. The van der Waals surface area contributed by atoms with Crippen LogP contribution in [0.25, 0.3) is 0 Å². The van der Waals surface area contributed by atoms with Crippen LogP contribution in [0.2, 0.25) is 0 Å². The van der Waals surface area contributed by atoms with Crippen LogP contribution in [0.15, 0.2) is 57.1 Å². The lowest BCUT2D eigenvalue weighted by Crippen LogP contribution is -2.33. The van der Waals surface area contributed by atoms with Crippen molar-refractivity contribution in [3.8, 4) is 5.75 Å². The van der Waals surface area contributed by atoms with Gasteiger partial charge in [-0.15, -0.1) is 5.11 Å². The standard InChI is InChI=1S/C19H18N2O3/c1-10-15(18(23)21-20-10)16-11-6-4-5-7-13(11)24-14-9-19(2,3)8-12(22)17(14)16/h4-7,16H,8-9H2,1-3H3. The summed E-state index contributed by atoms with van der Waals surface area (Å²) in [6.07, 6.45) is 1.12. The number of ketones is 1. The van der Waals surface area contributed by atoms with Gasteiger partial charge in [-0.3, -0.25) is 9.59 Å². The second kappa shape index (κ2) is 4.97. The van der Waals surface area contributed by atoms with E-state index in [9.17, 15) is 9.59 Å². The molecule has 0 spiro atoms. The Bertz CT molecular complexity index is 874. The maximum atomic E-state index is 12.9. The number of carbonyl (C=O) groups is 2. The molecule has 4 rings (SSSR count). The van der Waals surface area contributed by atoms with E-state index in [2.05, 4.69) is 24.1 Å². The fourth-order valence-electron chi connectivity index (χ4n) is 3.81. The normalized spacial score (nSPS) is 24.9. The summed E-state index contributed by atoms with van der Waals surface area (Å²) >= 11 is 0. The van der Waals surface area contributed by atoms with Gasteiger partial charge in [0, 0.05) is 24.0 Å². The number of hydrogen-bond acceptors (Lipinski definition) is 4. The molecule has 0 fully saturated rings. The van der Waals surface area contributed by atoms with Crippen molar-refractivity contribution in [1.82, 2.24) is 0 Å². The van der Waals surface area contributed by atoms with Crippen molar-refractivity contribution >= 4 is 11.7 Å². The Morgan fingerprint density at radius 1 is 1.08 bits per heavy atom. The molecule has 0 radical (unpaired) electrons. The van der Waals surface area contributed by atoms with Crippen LogP contribution >= 0.6 is 0 Å². The molecule has 122 valence electrons. The van der Waals surface area contributed by atoms with E-state index < -0.39 is 5.92 Å². The molecule has 5 heteroatoms. The number of benzene rings is 1. The lowest BCUT2D eigenvalue weighted by atomic mass is 9.69. The predicted molar refractivity (Wildman–Crippen MR) is 87.4 cm³/mol. The second-order valence-electron chi connectivity index (χ2n) is 7.35. The van der Waals surface area contributed by atoms with Gasteiger partial charge in [-0.25, -0.2) is 0 Å². The Kier molecular flexibility index (Phi) is 3.10. The van der Waals surface area contributed by atoms with Gasteiger partial charge in [-0.05, 0) is 18.4 Å². The molecule has 24 heavy (non-hydrogen) atoms. The van der Waals surface area contributed by atoms with Crippen molar-refractivity contribution in [2.75, 3.05) is 0 Å². The summed E-state index contributed by atoms with van der Waals surface area (Å²) in [7, 11) is 0. The lowest BCUT2D eigenvalue weighted by molar-refractivity contribution is -0.118. The number of ether oxygens (including phenoxy) is 1. The van der Waals surface area contributed by atoms with Crippen LogP contribution in [-0.2, 0) is 9.59 Å². The zero-order chi connectivity index (χ0) is 17.1. The van der Waals surface area contributed by atoms with Crippen molar-refractivity contribution < 1.29 is 14.3 Å². The fraction of sp³-hybridized carbons (Fsp3) is 0.368. The topological polar surface area (TPSA) is 68.1 Å². The summed E-state index contributed by atoms with van der Waals surface area (Å²) in [6, 6.07) is 7.57. The van der Waals surface area contributed by atoms with Gasteiger partial charge in [0.1, 0.15) is 11.5 Å². The highest BCUT2D eigenvalue weighted by molar-refractivity contribution is 6.05. The van der Waals surface area contributed by atoms with Crippen LogP contribution in [-0.4, -0.2) is 11.7 Å². The maximum absolute atomic E-state index is 12.9. The van der Waals surface area contributed by atoms with Crippen molar-refractivity contribution in [3.63, 3.8) is 0 Å². The Balaban J connectivity index is 1.95. The van der Waals surface area contributed by atoms with Crippen LogP contribution in [0.1, 0.15) is 45.1 Å². The molecule has 1 amide bonds. The number of allylic oxidation sites excluding steroid dienone is 3. The average molecular weight is 322 g/mol. The molecule has 2 heterocycles. The molecule has 0 bridgehead atoms. The highest BCUT2D eigenvalue weighted by atomic mass is 16.5. The first-order chi connectivity index (χ1) is 11.4. The van der Waals surface area contributed by atoms with Gasteiger partial charge >= 0.3 is 0 Å². The SMILES string of the molecule is CC1=C(C2C3=C(CC(C)(C)CC3=O)Oc3ccccc32)C(=O)N=N1. The van der Waals surface area contributed by atoms with E-state index in [0.29, 0.717) is 41.2 Å². The number of fused-ring (bicyclic) bond motifs is 1. The molecule has 1 unspecified atom stereocenters. The summed E-state index contributed by atoms with van der Waals surface area (Å²) in [4.78, 5) is 25.2. The molecule has 5 nitrogen and oxygen atoms in total. The molecule has 0 saturated carbocycles. The van der Waals surface area contributed by atoms with Gasteiger partial charge in [-0.2, -0.15) is 5.11 Å². The number of para-hydroxylation sites is 1. The van der Waals surface area contributed by atoms with Gasteiger partial charge in [0.15, 0.2) is 5.78 Å². The first kappa shape index (κ1) is 15.0. The van der Waals surface area contributed by atoms with Gasteiger partial charge in [-0.1, -0.05) is 32.0 Å². The summed E-state index contributed by atoms with van der Waals surface area (Å²) < 4.78 is 6.07. The van der Waals surface area contributed by atoms with Crippen LogP contribution in [0.5, 0.6) is 5.75 Å². The van der Waals surface area contributed by atoms with E-state index >= 15 is 0 Å². The summed E-state index contributed by atoms with van der Waals surface area (Å²) in [5, 5.41) is 7.59. The molecule has 0 N–H and O–H groups in total. The lowest BCUT2D eigenvalue weighted by Gasteiger charge is -2.38. The Labute approximate surface area is 140 Å². The summed E-state index contributed by atoms with van der Waals surface area (Å²) in [5.41, 5.74) is 2.35. The van der Waals surface area contributed by atoms with E-state index in [-0.39, 0.29) is 17.1 Å². The fourth-order valence-corrected chi connectivity index (χ4v) is 3.81.